The van der Waals surface area contributed by atoms with Gasteiger partial charge in [0.15, 0.2) is 0 Å². The van der Waals surface area contributed by atoms with Crippen LogP contribution in [0.15, 0.2) is 19.0 Å². The molecule has 0 amide bonds. The smallest absolute Gasteiger partial charge is 0.258 e. The molecule has 0 unspecified atom stereocenters. The lowest BCUT2D eigenvalue weighted by atomic mass is 10.1. The molecule has 1 heterocycles. The highest BCUT2D eigenvalue weighted by Gasteiger charge is 2.12. The van der Waals surface area contributed by atoms with Crippen LogP contribution in [0.4, 0.5) is 5.69 Å². The number of hydrogen-bond acceptors (Lipinski definition) is 3. The predicted octanol–water partition coefficient (Wildman–Crippen LogP) is 1.94. The molecule has 1 aromatic heterocycles. The van der Waals surface area contributed by atoms with Crippen molar-refractivity contribution in [1.29, 1.82) is 0 Å². The molecule has 4 nitrogen and oxygen atoms in total. The Hall–Kier alpha value is -1.71. The van der Waals surface area contributed by atoms with Crippen molar-refractivity contribution in [3.05, 3.63) is 40.2 Å². The van der Waals surface area contributed by atoms with Crippen molar-refractivity contribution >= 4 is 11.8 Å². The molecule has 0 aliphatic heterocycles. The van der Waals surface area contributed by atoms with E-state index in [0.717, 1.165) is 5.56 Å². The van der Waals surface area contributed by atoms with Crippen molar-refractivity contribution in [2.45, 2.75) is 6.92 Å². The van der Waals surface area contributed by atoms with E-state index < -0.39 is 4.92 Å². The van der Waals surface area contributed by atoms with Crippen molar-refractivity contribution in [3.8, 4) is 0 Å². The number of rotatable bonds is 2. The Morgan fingerprint density at radius 2 is 2.33 bits per heavy atom. The van der Waals surface area contributed by atoms with Gasteiger partial charge in [0.1, 0.15) is 6.20 Å². The molecule has 0 aromatic carbocycles. The molecule has 62 valence electrons. The first kappa shape index (κ1) is 8.39. The van der Waals surface area contributed by atoms with E-state index in [4.69, 9.17) is 0 Å². The molecule has 1 rings (SSSR count). The molecule has 0 aliphatic rings. The zero-order valence-corrected chi connectivity index (χ0v) is 6.65. The molecule has 0 radical (unpaired) electrons. The Labute approximate surface area is 69.7 Å². The number of nitrogens with zero attached hydrogens (tertiary/aromatic N) is 2. The third kappa shape index (κ3) is 1.32. The van der Waals surface area contributed by atoms with Crippen LogP contribution in [0.2, 0.25) is 0 Å². The number of aryl methyl sites for hydroxylation is 1. The van der Waals surface area contributed by atoms with Crippen LogP contribution in [0.3, 0.4) is 0 Å². The number of pyridine rings is 1. The lowest BCUT2D eigenvalue weighted by Gasteiger charge is -1.98. The minimum Gasteiger partial charge on any atom is -0.258 e. The molecule has 0 bridgehead atoms. The fourth-order valence-electron chi connectivity index (χ4n) is 0.972. The van der Waals surface area contributed by atoms with E-state index in [1.165, 1.54) is 12.3 Å². The van der Waals surface area contributed by atoms with Crippen LogP contribution in [-0.2, 0) is 0 Å². The second-order valence-corrected chi connectivity index (χ2v) is 2.35. The van der Waals surface area contributed by atoms with E-state index in [2.05, 4.69) is 11.6 Å². The SMILES string of the molecule is C=Cc1c(C)cncc1[N+](=O)[O-]. The second kappa shape index (κ2) is 3.13. The Bertz CT molecular complexity index is 334. The normalized spacial score (nSPS) is 9.42. The quantitative estimate of drug-likeness (QED) is 0.495. The van der Waals surface area contributed by atoms with Gasteiger partial charge in [-0.1, -0.05) is 12.7 Å². The Balaban J connectivity index is 3.37. The molecule has 12 heavy (non-hydrogen) atoms. The molecule has 4 heteroatoms. The van der Waals surface area contributed by atoms with Crippen molar-refractivity contribution in [2.75, 3.05) is 0 Å². The molecule has 1 aromatic rings. The Morgan fingerprint density at radius 1 is 1.67 bits per heavy atom. The van der Waals surface area contributed by atoms with Gasteiger partial charge in [-0.25, -0.2) is 0 Å². The van der Waals surface area contributed by atoms with E-state index in [9.17, 15) is 10.1 Å². The summed E-state index contributed by atoms with van der Waals surface area (Å²) in [6, 6.07) is 0. The topological polar surface area (TPSA) is 56.0 Å². The van der Waals surface area contributed by atoms with Gasteiger partial charge in [0.2, 0.25) is 0 Å². The van der Waals surface area contributed by atoms with Crippen molar-refractivity contribution in [2.24, 2.45) is 0 Å². The molecule has 0 saturated carbocycles. The molecule has 0 N–H and O–H groups in total. The second-order valence-electron chi connectivity index (χ2n) is 2.35. The van der Waals surface area contributed by atoms with E-state index in [1.807, 2.05) is 0 Å². The molecule has 0 fully saturated rings. The third-order valence-corrected chi connectivity index (χ3v) is 1.57. The van der Waals surface area contributed by atoms with Crippen LogP contribution in [-0.4, -0.2) is 9.91 Å². The largest absolute Gasteiger partial charge is 0.294 e. The highest BCUT2D eigenvalue weighted by Crippen LogP contribution is 2.20. The predicted molar refractivity (Wildman–Crippen MR) is 45.7 cm³/mol. The Morgan fingerprint density at radius 3 is 2.75 bits per heavy atom. The van der Waals surface area contributed by atoms with Crippen LogP contribution >= 0.6 is 0 Å². The summed E-state index contributed by atoms with van der Waals surface area (Å²) < 4.78 is 0. The number of nitro groups is 1. The highest BCUT2D eigenvalue weighted by molar-refractivity contribution is 5.61. The summed E-state index contributed by atoms with van der Waals surface area (Å²) in [7, 11) is 0. The first-order chi connectivity index (χ1) is 5.66. The molecular formula is C8H8N2O2. The molecule has 0 atom stereocenters. The van der Waals surface area contributed by atoms with E-state index in [1.54, 1.807) is 13.1 Å². The summed E-state index contributed by atoms with van der Waals surface area (Å²) in [4.78, 5) is 13.7. The highest BCUT2D eigenvalue weighted by atomic mass is 16.6. The number of aromatic nitrogens is 1. The molecule has 0 saturated heterocycles. The van der Waals surface area contributed by atoms with Gasteiger partial charge in [-0.2, -0.15) is 0 Å². The van der Waals surface area contributed by atoms with Gasteiger partial charge in [0.25, 0.3) is 5.69 Å². The maximum atomic E-state index is 10.5. The average molecular weight is 164 g/mol. The molecule has 0 aliphatic carbocycles. The molecular weight excluding hydrogens is 156 g/mol. The summed E-state index contributed by atoms with van der Waals surface area (Å²) in [5.41, 5.74) is 1.30. The van der Waals surface area contributed by atoms with E-state index in [0.29, 0.717) is 5.56 Å². The standard InChI is InChI=1S/C8H8N2O2/c1-3-7-6(2)4-9-5-8(7)10(11)12/h3-5H,1H2,2H3. The van der Waals surface area contributed by atoms with Gasteiger partial charge < -0.3 is 0 Å². The molecule has 0 spiro atoms. The van der Waals surface area contributed by atoms with E-state index in [-0.39, 0.29) is 5.69 Å². The lowest BCUT2D eigenvalue weighted by molar-refractivity contribution is -0.385. The van der Waals surface area contributed by atoms with Crippen LogP contribution in [0.5, 0.6) is 0 Å². The summed E-state index contributed by atoms with van der Waals surface area (Å²) in [5, 5.41) is 10.5. The monoisotopic (exact) mass is 164 g/mol. The summed E-state index contributed by atoms with van der Waals surface area (Å²) >= 11 is 0. The Kier molecular flexibility index (Phi) is 2.19. The minimum absolute atomic E-state index is 0.00463. The summed E-state index contributed by atoms with van der Waals surface area (Å²) in [5.74, 6) is 0. The van der Waals surface area contributed by atoms with Gasteiger partial charge in [0, 0.05) is 6.20 Å². The van der Waals surface area contributed by atoms with E-state index >= 15 is 0 Å². The third-order valence-electron chi connectivity index (χ3n) is 1.57. The van der Waals surface area contributed by atoms with Gasteiger partial charge in [-0.15, -0.1) is 0 Å². The van der Waals surface area contributed by atoms with Crippen LogP contribution in [0, 0.1) is 17.0 Å². The fraction of sp³-hybridized carbons (Fsp3) is 0.125. The van der Waals surface area contributed by atoms with Gasteiger partial charge in [-0.05, 0) is 12.5 Å². The maximum Gasteiger partial charge on any atom is 0.294 e. The first-order valence-corrected chi connectivity index (χ1v) is 3.38. The first-order valence-electron chi connectivity index (χ1n) is 3.38. The lowest BCUT2D eigenvalue weighted by Crippen LogP contribution is -1.94. The zero-order valence-electron chi connectivity index (χ0n) is 6.65. The minimum atomic E-state index is -0.461. The van der Waals surface area contributed by atoms with Gasteiger partial charge >= 0.3 is 0 Å². The van der Waals surface area contributed by atoms with Gasteiger partial charge in [-0.3, -0.25) is 15.1 Å². The zero-order chi connectivity index (χ0) is 9.14. The van der Waals surface area contributed by atoms with Gasteiger partial charge in [0.05, 0.1) is 10.5 Å². The number of hydrogen-bond donors (Lipinski definition) is 0. The fourth-order valence-corrected chi connectivity index (χ4v) is 0.972. The maximum absolute atomic E-state index is 10.5. The summed E-state index contributed by atoms with van der Waals surface area (Å²) in [6.45, 7) is 5.26. The van der Waals surface area contributed by atoms with Crippen LogP contribution < -0.4 is 0 Å². The average Bonchev–Trinajstić information content (AvgIpc) is 2.03. The van der Waals surface area contributed by atoms with Crippen molar-refractivity contribution in [3.63, 3.8) is 0 Å². The van der Waals surface area contributed by atoms with Crippen LogP contribution in [0.25, 0.3) is 6.08 Å². The van der Waals surface area contributed by atoms with Crippen molar-refractivity contribution in [1.82, 2.24) is 4.98 Å². The summed E-state index contributed by atoms with van der Waals surface area (Å²) in [6.07, 6.45) is 4.27. The van der Waals surface area contributed by atoms with Crippen LogP contribution in [0.1, 0.15) is 11.1 Å². The van der Waals surface area contributed by atoms with Crippen molar-refractivity contribution < 1.29 is 4.92 Å².